The molecule has 0 unspecified atom stereocenters. The fraction of sp³-hybridized carbons (Fsp3) is 0.733. The van der Waals surface area contributed by atoms with Gasteiger partial charge in [-0.1, -0.05) is 19.3 Å². The van der Waals surface area contributed by atoms with Crippen LogP contribution in [0.4, 0.5) is 0 Å². The standard InChI is InChI=1S/C15H23N3O/c1-19-15(7-3-2-4-8-15)14-17-10-12(11-18-14)9-16-13-5-6-13/h10-11,13,16H,2-9H2,1H3. The number of aromatic nitrogens is 2. The fourth-order valence-corrected chi connectivity index (χ4v) is 2.87. The summed E-state index contributed by atoms with van der Waals surface area (Å²) in [6.07, 6.45) is 12.3. The molecule has 0 saturated heterocycles. The summed E-state index contributed by atoms with van der Waals surface area (Å²) in [5.41, 5.74) is 0.929. The molecule has 1 heterocycles. The third-order valence-electron chi connectivity index (χ3n) is 4.34. The maximum absolute atomic E-state index is 5.77. The molecule has 0 amide bonds. The Bertz CT molecular complexity index is 408. The number of methoxy groups -OCH3 is 1. The molecule has 0 aromatic carbocycles. The second kappa shape index (κ2) is 5.55. The number of hydrogen-bond donors (Lipinski definition) is 1. The first-order valence-corrected chi connectivity index (χ1v) is 7.42. The van der Waals surface area contributed by atoms with Crippen molar-refractivity contribution in [3.05, 3.63) is 23.8 Å². The smallest absolute Gasteiger partial charge is 0.160 e. The zero-order valence-corrected chi connectivity index (χ0v) is 11.7. The average molecular weight is 261 g/mol. The minimum absolute atomic E-state index is 0.235. The third kappa shape index (κ3) is 2.95. The molecular formula is C15H23N3O. The molecule has 2 fully saturated rings. The van der Waals surface area contributed by atoms with E-state index in [0.29, 0.717) is 0 Å². The van der Waals surface area contributed by atoms with Gasteiger partial charge in [0.1, 0.15) is 5.60 Å². The molecule has 19 heavy (non-hydrogen) atoms. The quantitative estimate of drug-likeness (QED) is 0.885. The van der Waals surface area contributed by atoms with Crippen molar-refractivity contribution in [3.63, 3.8) is 0 Å². The second-order valence-electron chi connectivity index (χ2n) is 5.83. The van der Waals surface area contributed by atoms with E-state index in [1.165, 1.54) is 32.1 Å². The summed E-state index contributed by atoms with van der Waals surface area (Å²) in [4.78, 5) is 9.14. The SMILES string of the molecule is COC1(c2ncc(CNC3CC3)cn2)CCCCC1. The lowest BCUT2D eigenvalue weighted by Crippen LogP contribution is -2.33. The lowest BCUT2D eigenvalue weighted by molar-refractivity contribution is -0.0515. The summed E-state index contributed by atoms with van der Waals surface area (Å²) < 4.78 is 5.77. The summed E-state index contributed by atoms with van der Waals surface area (Å²) in [5, 5.41) is 3.48. The van der Waals surface area contributed by atoms with E-state index >= 15 is 0 Å². The minimum Gasteiger partial charge on any atom is -0.370 e. The summed E-state index contributed by atoms with van der Waals surface area (Å²) >= 11 is 0. The van der Waals surface area contributed by atoms with E-state index in [1.54, 1.807) is 7.11 Å². The summed E-state index contributed by atoms with van der Waals surface area (Å²) in [6.45, 7) is 0.880. The van der Waals surface area contributed by atoms with Gasteiger partial charge in [-0.15, -0.1) is 0 Å². The molecule has 0 bridgehead atoms. The molecule has 2 aliphatic carbocycles. The molecule has 104 valence electrons. The second-order valence-corrected chi connectivity index (χ2v) is 5.83. The van der Waals surface area contributed by atoms with Crippen molar-refractivity contribution in [3.8, 4) is 0 Å². The molecular weight excluding hydrogens is 238 g/mol. The lowest BCUT2D eigenvalue weighted by Gasteiger charge is -2.34. The topological polar surface area (TPSA) is 47.0 Å². The number of rotatable bonds is 5. The van der Waals surface area contributed by atoms with Gasteiger partial charge in [0, 0.05) is 37.7 Å². The number of nitrogens with zero attached hydrogens (tertiary/aromatic N) is 2. The van der Waals surface area contributed by atoms with Crippen LogP contribution < -0.4 is 5.32 Å². The number of hydrogen-bond acceptors (Lipinski definition) is 4. The molecule has 2 saturated carbocycles. The first-order valence-electron chi connectivity index (χ1n) is 7.42. The van der Waals surface area contributed by atoms with Crippen LogP contribution in [0, 0.1) is 0 Å². The monoisotopic (exact) mass is 261 g/mol. The summed E-state index contributed by atoms with van der Waals surface area (Å²) in [6, 6.07) is 0.725. The van der Waals surface area contributed by atoms with Gasteiger partial charge in [0.2, 0.25) is 0 Å². The lowest BCUT2D eigenvalue weighted by atomic mass is 9.84. The first-order chi connectivity index (χ1) is 9.32. The van der Waals surface area contributed by atoms with Crippen LogP contribution in [0.1, 0.15) is 56.3 Å². The molecule has 2 aliphatic rings. The van der Waals surface area contributed by atoms with E-state index in [1.807, 2.05) is 12.4 Å². The predicted molar refractivity (Wildman–Crippen MR) is 73.7 cm³/mol. The number of ether oxygens (including phenoxy) is 1. The Morgan fingerprint density at radius 3 is 2.47 bits per heavy atom. The Hall–Kier alpha value is -1.00. The van der Waals surface area contributed by atoms with E-state index in [4.69, 9.17) is 4.74 Å². The molecule has 0 spiro atoms. The van der Waals surface area contributed by atoms with E-state index in [0.717, 1.165) is 36.8 Å². The molecule has 0 aliphatic heterocycles. The van der Waals surface area contributed by atoms with Crippen LogP contribution in [-0.4, -0.2) is 23.1 Å². The summed E-state index contributed by atoms with van der Waals surface area (Å²) in [5.74, 6) is 0.866. The molecule has 3 rings (SSSR count). The Kier molecular flexibility index (Phi) is 3.80. The van der Waals surface area contributed by atoms with Crippen molar-refractivity contribution in [2.45, 2.75) is 63.1 Å². The Balaban J connectivity index is 1.68. The third-order valence-corrected chi connectivity index (χ3v) is 4.34. The van der Waals surface area contributed by atoms with Crippen molar-refractivity contribution in [1.29, 1.82) is 0 Å². The van der Waals surface area contributed by atoms with Crippen LogP contribution in [0.15, 0.2) is 12.4 Å². The van der Waals surface area contributed by atoms with E-state index in [-0.39, 0.29) is 5.60 Å². The zero-order chi connectivity index (χ0) is 13.1. The normalized spacial score (nSPS) is 22.4. The van der Waals surface area contributed by atoms with Crippen molar-refractivity contribution < 1.29 is 4.74 Å². The maximum atomic E-state index is 5.77. The van der Waals surface area contributed by atoms with Gasteiger partial charge in [0.25, 0.3) is 0 Å². The largest absolute Gasteiger partial charge is 0.370 e. The van der Waals surface area contributed by atoms with Gasteiger partial charge in [-0.2, -0.15) is 0 Å². The van der Waals surface area contributed by atoms with E-state index in [9.17, 15) is 0 Å². The number of nitrogens with one attached hydrogen (secondary N) is 1. The van der Waals surface area contributed by atoms with Gasteiger partial charge in [-0.25, -0.2) is 9.97 Å². The highest BCUT2D eigenvalue weighted by Gasteiger charge is 2.36. The van der Waals surface area contributed by atoms with Crippen molar-refractivity contribution in [2.24, 2.45) is 0 Å². The van der Waals surface area contributed by atoms with Crippen molar-refractivity contribution in [2.75, 3.05) is 7.11 Å². The molecule has 0 radical (unpaired) electrons. The first kappa shape index (κ1) is 13.0. The average Bonchev–Trinajstić information content (AvgIpc) is 3.31. The van der Waals surface area contributed by atoms with E-state index in [2.05, 4.69) is 15.3 Å². The molecule has 1 aromatic heterocycles. The van der Waals surface area contributed by atoms with Crippen LogP contribution in [0.3, 0.4) is 0 Å². The predicted octanol–water partition coefficient (Wildman–Crippen LogP) is 2.53. The molecule has 0 atom stereocenters. The molecule has 1 N–H and O–H groups in total. The van der Waals surface area contributed by atoms with Crippen LogP contribution in [0.25, 0.3) is 0 Å². The Morgan fingerprint density at radius 2 is 1.89 bits per heavy atom. The minimum atomic E-state index is -0.235. The molecule has 4 nitrogen and oxygen atoms in total. The summed E-state index contributed by atoms with van der Waals surface area (Å²) in [7, 11) is 1.79. The Labute approximate surface area is 115 Å². The van der Waals surface area contributed by atoms with Crippen molar-refractivity contribution in [1.82, 2.24) is 15.3 Å². The zero-order valence-electron chi connectivity index (χ0n) is 11.7. The van der Waals surface area contributed by atoms with Gasteiger partial charge in [-0.05, 0) is 25.7 Å². The van der Waals surface area contributed by atoms with Crippen LogP contribution >= 0.6 is 0 Å². The van der Waals surface area contributed by atoms with Gasteiger partial charge in [-0.3, -0.25) is 0 Å². The van der Waals surface area contributed by atoms with E-state index < -0.39 is 0 Å². The Morgan fingerprint density at radius 1 is 1.21 bits per heavy atom. The van der Waals surface area contributed by atoms with Gasteiger partial charge < -0.3 is 10.1 Å². The highest BCUT2D eigenvalue weighted by molar-refractivity contribution is 5.11. The van der Waals surface area contributed by atoms with Crippen LogP contribution in [0.2, 0.25) is 0 Å². The van der Waals surface area contributed by atoms with Gasteiger partial charge in [0.05, 0.1) is 0 Å². The van der Waals surface area contributed by atoms with Crippen LogP contribution in [-0.2, 0) is 16.9 Å². The van der Waals surface area contributed by atoms with Gasteiger partial charge in [0.15, 0.2) is 5.82 Å². The van der Waals surface area contributed by atoms with Crippen LogP contribution in [0.5, 0.6) is 0 Å². The van der Waals surface area contributed by atoms with Gasteiger partial charge >= 0.3 is 0 Å². The highest BCUT2D eigenvalue weighted by atomic mass is 16.5. The fourth-order valence-electron chi connectivity index (χ4n) is 2.87. The van der Waals surface area contributed by atoms with Crippen molar-refractivity contribution >= 4 is 0 Å². The molecule has 4 heteroatoms. The maximum Gasteiger partial charge on any atom is 0.160 e. The molecule has 1 aromatic rings. The highest BCUT2D eigenvalue weighted by Crippen LogP contribution is 2.38.